The lowest BCUT2D eigenvalue weighted by Gasteiger charge is -2.34. The van der Waals surface area contributed by atoms with Crippen LogP contribution in [0.1, 0.15) is 38.5 Å². The minimum atomic E-state index is 0.238. The molecule has 0 aromatic rings. The molecule has 0 aromatic heterocycles. The highest BCUT2D eigenvalue weighted by molar-refractivity contribution is 5.76. The first-order valence-corrected chi connectivity index (χ1v) is 5.29. The number of rotatable bonds is 3. The minimum absolute atomic E-state index is 0.238. The zero-order chi connectivity index (χ0) is 9.26. The van der Waals surface area contributed by atoms with E-state index in [9.17, 15) is 4.79 Å². The zero-order valence-electron chi connectivity index (χ0n) is 7.96. The zero-order valence-corrected chi connectivity index (χ0v) is 7.96. The Labute approximate surface area is 79.1 Å². The van der Waals surface area contributed by atoms with Crippen LogP contribution in [0, 0.1) is 5.92 Å². The Hall–Kier alpha value is -0.570. The summed E-state index contributed by atoms with van der Waals surface area (Å²) < 4.78 is 0. The van der Waals surface area contributed by atoms with E-state index in [1.54, 1.807) is 0 Å². The van der Waals surface area contributed by atoms with E-state index in [1.165, 1.54) is 19.3 Å². The molecule has 0 spiro atoms. The van der Waals surface area contributed by atoms with Crippen molar-refractivity contribution >= 4 is 5.91 Å². The van der Waals surface area contributed by atoms with Crippen molar-refractivity contribution in [2.75, 3.05) is 0 Å². The van der Waals surface area contributed by atoms with E-state index in [4.69, 9.17) is 5.73 Å². The maximum absolute atomic E-state index is 11.4. The van der Waals surface area contributed by atoms with Crippen LogP contribution in [-0.4, -0.2) is 18.0 Å². The Morgan fingerprint density at radius 1 is 1.38 bits per heavy atom. The molecule has 3 N–H and O–H groups in total. The molecule has 0 aliphatic heterocycles. The van der Waals surface area contributed by atoms with Gasteiger partial charge < -0.3 is 11.1 Å². The molecule has 3 heteroatoms. The number of hydrogen-bond acceptors (Lipinski definition) is 2. The van der Waals surface area contributed by atoms with Crippen LogP contribution in [0.15, 0.2) is 0 Å². The van der Waals surface area contributed by atoms with Crippen LogP contribution in [-0.2, 0) is 4.79 Å². The van der Waals surface area contributed by atoms with E-state index in [1.807, 2.05) is 0 Å². The second-order valence-corrected chi connectivity index (χ2v) is 4.50. The molecule has 0 heterocycles. The van der Waals surface area contributed by atoms with Crippen LogP contribution in [0.2, 0.25) is 0 Å². The van der Waals surface area contributed by atoms with Crippen LogP contribution in [0.25, 0.3) is 0 Å². The van der Waals surface area contributed by atoms with Crippen LogP contribution in [0.4, 0.5) is 0 Å². The van der Waals surface area contributed by atoms with Gasteiger partial charge in [0.25, 0.3) is 0 Å². The number of hydrogen-bond donors (Lipinski definition) is 2. The van der Waals surface area contributed by atoms with Crippen molar-refractivity contribution in [3.63, 3.8) is 0 Å². The lowest BCUT2D eigenvalue weighted by molar-refractivity contribution is -0.123. The minimum Gasteiger partial charge on any atom is -0.353 e. The maximum atomic E-state index is 11.4. The van der Waals surface area contributed by atoms with Gasteiger partial charge in [-0.3, -0.25) is 4.79 Å². The van der Waals surface area contributed by atoms with Crippen molar-refractivity contribution < 1.29 is 4.79 Å². The standard InChI is InChI=1S/C10H18N2O/c11-8-5-9(6-8)12-10(13)4-7-2-1-3-7/h7-9H,1-6,11H2,(H,12,13). The topological polar surface area (TPSA) is 55.1 Å². The molecule has 2 rings (SSSR count). The molecule has 13 heavy (non-hydrogen) atoms. The van der Waals surface area contributed by atoms with Crippen molar-refractivity contribution in [1.82, 2.24) is 5.32 Å². The summed E-state index contributed by atoms with van der Waals surface area (Å²) in [6.45, 7) is 0. The fourth-order valence-corrected chi connectivity index (χ4v) is 2.03. The normalized spacial score (nSPS) is 33.3. The molecule has 1 amide bonds. The third-order valence-electron chi connectivity index (χ3n) is 3.24. The first kappa shape index (κ1) is 9.00. The lowest BCUT2D eigenvalue weighted by atomic mass is 9.82. The van der Waals surface area contributed by atoms with Crippen molar-refractivity contribution in [2.24, 2.45) is 11.7 Å². The molecule has 2 aliphatic rings. The van der Waals surface area contributed by atoms with Crippen LogP contribution in [0.3, 0.4) is 0 Å². The fourth-order valence-electron chi connectivity index (χ4n) is 2.03. The second-order valence-electron chi connectivity index (χ2n) is 4.50. The van der Waals surface area contributed by atoms with Crippen molar-refractivity contribution in [3.05, 3.63) is 0 Å². The Morgan fingerprint density at radius 2 is 2.08 bits per heavy atom. The first-order chi connectivity index (χ1) is 6.24. The van der Waals surface area contributed by atoms with Crippen LogP contribution < -0.4 is 11.1 Å². The first-order valence-electron chi connectivity index (χ1n) is 5.29. The molecule has 74 valence electrons. The maximum Gasteiger partial charge on any atom is 0.220 e. The summed E-state index contributed by atoms with van der Waals surface area (Å²) in [5.74, 6) is 0.912. The molecule has 0 atom stereocenters. The number of carbonyl (C=O) groups excluding carboxylic acids is 1. The third kappa shape index (κ3) is 2.21. The molecule has 2 aliphatic carbocycles. The van der Waals surface area contributed by atoms with Crippen LogP contribution >= 0.6 is 0 Å². The third-order valence-corrected chi connectivity index (χ3v) is 3.24. The van der Waals surface area contributed by atoms with Gasteiger partial charge in [0.2, 0.25) is 5.91 Å². The Bertz CT molecular complexity index is 195. The molecule has 0 radical (unpaired) electrons. The molecule has 0 aromatic carbocycles. The highest BCUT2D eigenvalue weighted by Gasteiger charge is 2.28. The molecular formula is C10H18N2O. The Kier molecular flexibility index (Phi) is 2.54. The monoisotopic (exact) mass is 182 g/mol. The summed E-state index contributed by atoms with van der Waals surface area (Å²) >= 11 is 0. The predicted octanol–water partition coefficient (Wildman–Crippen LogP) is 0.782. The molecule has 3 nitrogen and oxygen atoms in total. The molecular weight excluding hydrogens is 164 g/mol. The summed E-state index contributed by atoms with van der Waals surface area (Å²) in [4.78, 5) is 11.4. The molecule has 0 unspecified atom stereocenters. The number of amides is 1. The van der Waals surface area contributed by atoms with Crippen molar-refractivity contribution in [2.45, 2.75) is 50.6 Å². The van der Waals surface area contributed by atoms with Gasteiger partial charge in [0.05, 0.1) is 0 Å². The molecule has 2 fully saturated rings. The van der Waals surface area contributed by atoms with Gasteiger partial charge in [0.1, 0.15) is 0 Å². The molecule has 0 bridgehead atoms. The van der Waals surface area contributed by atoms with Gasteiger partial charge in [0, 0.05) is 18.5 Å². The second kappa shape index (κ2) is 3.66. The van der Waals surface area contributed by atoms with E-state index in [2.05, 4.69) is 5.32 Å². The van der Waals surface area contributed by atoms with Gasteiger partial charge in [-0.25, -0.2) is 0 Å². The van der Waals surface area contributed by atoms with E-state index in [-0.39, 0.29) is 5.91 Å². The summed E-state index contributed by atoms with van der Waals surface area (Å²) in [7, 11) is 0. The lowest BCUT2D eigenvalue weighted by Crippen LogP contribution is -2.50. The molecule has 2 saturated carbocycles. The van der Waals surface area contributed by atoms with Crippen molar-refractivity contribution in [1.29, 1.82) is 0 Å². The quantitative estimate of drug-likeness (QED) is 0.677. The van der Waals surface area contributed by atoms with Gasteiger partial charge in [-0.1, -0.05) is 6.42 Å². The Morgan fingerprint density at radius 3 is 2.54 bits per heavy atom. The fraction of sp³-hybridized carbons (Fsp3) is 0.900. The summed E-state index contributed by atoms with van der Waals surface area (Å²) in [5, 5.41) is 3.03. The Balaban J connectivity index is 1.61. The molecule has 0 saturated heterocycles. The van der Waals surface area contributed by atoms with E-state index in [0.29, 0.717) is 18.0 Å². The highest BCUT2D eigenvalue weighted by atomic mass is 16.1. The largest absolute Gasteiger partial charge is 0.353 e. The van der Waals surface area contributed by atoms with Gasteiger partial charge in [0.15, 0.2) is 0 Å². The summed E-state index contributed by atoms with van der Waals surface area (Å²) in [6, 6.07) is 0.705. The van der Waals surface area contributed by atoms with Crippen molar-refractivity contribution in [3.8, 4) is 0 Å². The van der Waals surface area contributed by atoms with Gasteiger partial charge in [-0.05, 0) is 31.6 Å². The van der Waals surface area contributed by atoms with Gasteiger partial charge >= 0.3 is 0 Å². The average Bonchev–Trinajstić information content (AvgIpc) is 1.94. The number of carbonyl (C=O) groups is 1. The van der Waals surface area contributed by atoms with E-state index >= 15 is 0 Å². The predicted molar refractivity (Wildman–Crippen MR) is 51.1 cm³/mol. The summed E-state index contributed by atoms with van der Waals surface area (Å²) in [6.07, 6.45) is 6.49. The average molecular weight is 182 g/mol. The number of nitrogens with one attached hydrogen (secondary N) is 1. The van der Waals surface area contributed by atoms with Crippen LogP contribution in [0.5, 0.6) is 0 Å². The number of nitrogens with two attached hydrogens (primary N) is 1. The van der Waals surface area contributed by atoms with Gasteiger partial charge in [-0.15, -0.1) is 0 Å². The van der Waals surface area contributed by atoms with E-state index in [0.717, 1.165) is 19.3 Å². The summed E-state index contributed by atoms with van der Waals surface area (Å²) in [5.41, 5.74) is 5.63. The highest BCUT2D eigenvalue weighted by Crippen LogP contribution is 2.29. The SMILES string of the molecule is NC1CC(NC(=O)CC2CCC2)C1. The van der Waals surface area contributed by atoms with E-state index < -0.39 is 0 Å². The smallest absolute Gasteiger partial charge is 0.220 e. The van der Waals surface area contributed by atoms with Gasteiger partial charge in [-0.2, -0.15) is 0 Å².